The zero-order valence-electron chi connectivity index (χ0n) is 11.4. The molecule has 0 aliphatic rings. The first-order valence-corrected chi connectivity index (χ1v) is 7.83. The van der Waals surface area contributed by atoms with Crippen LogP contribution in [-0.2, 0) is 10.0 Å². The van der Waals surface area contributed by atoms with Crippen molar-refractivity contribution in [2.24, 2.45) is 0 Å². The van der Waals surface area contributed by atoms with Crippen LogP contribution in [0.4, 0.5) is 5.69 Å². The van der Waals surface area contributed by atoms with Crippen LogP contribution in [0.3, 0.4) is 0 Å². The van der Waals surface area contributed by atoms with E-state index in [1.54, 1.807) is 31.2 Å². The lowest BCUT2D eigenvalue weighted by molar-refractivity contribution is 0.340. The molecule has 0 fully saturated rings. The second-order valence-electron chi connectivity index (χ2n) is 4.35. The Morgan fingerprint density at radius 2 is 2.10 bits per heavy atom. The molecule has 1 aromatic heterocycles. The van der Waals surface area contributed by atoms with Gasteiger partial charge in [0.15, 0.2) is 5.82 Å². The number of ether oxygens (including phenoxy) is 1. The molecule has 0 bridgehead atoms. The first-order chi connectivity index (χ1) is 9.96. The summed E-state index contributed by atoms with van der Waals surface area (Å²) in [7, 11) is -3.51. The van der Waals surface area contributed by atoms with Gasteiger partial charge in [0.25, 0.3) is 0 Å². The van der Waals surface area contributed by atoms with E-state index < -0.39 is 16.1 Å². The van der Waals surface area contributed by atoms with Crippen molar-refractivity contribution in [3.05, 3.63) is 30.1 Å². The molecule has 0 amide bonds. The summed E-state index contributed by atoms with van der Waals surface area (Å²) in [6.07, 6.45) is 0. The molecule has 1 unspecified atom stereocenters. The molecule has 0 spiro atoms. The zero-order chi connectivity index (χ0) is 15.3. The van der Waals surface area contributed by atoms with Gasteiger partial charge in [0.1, 0.15) is 12.4 Å². The van der Waals surface area contributed by atoms with Crippen LogP contribution >= 0.6 is 0 Å². The van der Waals surface area contributed by atoms with E-state index >= 15 is 0 Å². The van der Waals surface area contributed by atoms with Gasteiger partial charge in [0.2, 0.25) is 10.0 Å². The zero-order valence-corrected chi connectivity index (χ0v) is 12.2. The molecule has 1 atom stereocenters. The molecular weight excluding hydrogens is 296 g/mol. The van der Waals surface area contributed by atoms with Gasteiger partial charge in [0, 0.05) is 5.69 Å². The van der Waals surface area contributed by atoms with Gasteiger partial charge in [-0.05, 0) is 31.2 Å². The minimum Gasteiger partial charge on any atom is -0.492 e. The fourth-order valence-corrected chi connectivity index (χ4v) is 2.63. The largest absolute Gasteiger partial charge is 0.492 e. The number of aromatic nitrogens is 4. The smallest absolute Gasteiger partial charge is 0.215 e. The molecule has 21 heavy (non-hydrogen) atoms. The highest BCUT2D eigenvalue weighted by molar-refractivity contribution is 7.89. The summed E-state index contributed by atoms with van der Waals surface area (Å²) in [5.41, 5.74) is 6.16. The van der Waals surface area contributed by atoms with Crippen LogP contribution in [0.5, 0.6) is 5.75 Å². The quantitative estimate of drug-likeness (QED) is 0.604. The van der Waals surface area contributed by atoms with Crippen molar-refractivity contribution in [3.8, 4) is 5.75 Å². The van der Waals surface area contributed by atoms with Gasteiger partial charge in [-0.1, -0.05) is 5.21 Å². The maximum Gasteiger partial charge on any atom is 0.215 e. The topological polar surface area (TPSA) is 136 Å². The number of nitrogens with zero attached hydrogens (tertiary/aromatic N) is 3. The Morgan fingerprint density at radius 1 is 1.38 bits per heavy atom. The van der Waals surface area contributed by atoms with Crippen molar-refractivity contribution in [2.75, 3.05) is 18.1 Å². The molecule has 2 rings (SSSR count). The molecule has 0 saturated carbocycles. The normalized spacial score (nSPS) is 13.0. The Labute approximate surface area is 121 Å². The summed E-state index contributed by atoms with van der Waals surface area (Å²) in [4.78, 5) is 0. The first-order valence-electron chi connectivity index (χ1n) is 6.18. The number of hydrogen-bond donors (Lipinski definition) is 3. The number of rotatable bonds is 7. The lowest BCUT2D eigenvalue weighted by Crippen LogP contribution is -2.31. The van der Waals surface area contributed by atoms with Crippen molar-refractivity contribution in [1.29, 1.82) is 0 Å². The molecular formula is C11H16N6O3S. The Morgan fingerprint density at radius 3 is 2.71 bits per heavy atom. The standard InChI is InChI=1S/C11H16N6O3S/c1-8(11-13-16-17-14-11)15-21(18,19)7-6-20-10-4-2-9(12)3-5-10/h2-5,8,15H,6-7,12H2,1H3,(H,13,14,16,17). The maximum atomic E-state index is 11.9. The van der Waals surface area contributed by atoms with Gasteiger partial charge in [-0.15, -0.1) is 10.2 Å². The van der Waals surface area contributed by atoms with E-state index in [-0.39, 0.29) is 18.2 Å². The highest BCUT2D eigenvalue weighted by Crippen LogP contribution is 2.13. The summed E-state index contributed by atoms with van der Waals surface area (Å²) in [6, 6.07) is 6.15. The number of benzene rings is 1. The Hall–Kier alpha value is -2.20. The number of tetrazole rings is 1. The Kier molecular flexibility index (Phi) is 4.70. The molecule has 10 heteroatoms. The lowest BCUT2D eigenvalue weighted by atomic mass is 10.3. The number of nitrogens with two attached hydrogens (primary N) is 1. The van der Waals surface area contributed by atoms with E-state index in [1.807, 2.05) is 0 Å². The number of nitrogen functional groups attached to an aromatic ring is 1. The summed E-state index contributed by atoms with van der Waals surface area (Å²) in [5.74, 6) is 0.656. The highest BCUT2D eigenvalue weighted by atomic mass is 32.2. The average Bonchev–Trinajstić information content (AvgIpc) is 2.94. The predicted molar refractivity (Wildman–Crippen MR) is 75.9 cm³/mol. The van der Waals surface area contributed by atoms with Crippen LogP contribution in [0.25, 0.3) is 0 Å². The molecule has 0 aliphatic heterocycles. The minimum atomic E-state index is -3.51. The van der Waals surface area contributed by atoms with E-state index in [0.717, 1.165) is 0 Å². The third kappa shape index (κ3) is 4.68. The van der Waals surface area contributed by atoms with Crippen molar-refractivity contribution in [1.82, 2.24) is 25.3 Å². The van der Waals surface area contributed by atoms with Crippen molar-refractivity contribution in [3.63, 3.8) is 0 Å². The third-order valence-corrected chi connectivity index (χ3v) is 4.02. The van der Waals surface area contributed by atoms with Gasteiger partial charge in [-0.3, -0.25) is 0 Å². The number of H-pyrrole nitrogens is 1. The third-order valence-electron chi connectivity index (χ3n) is 2.61. The highest BCUT2D eigenvalue weighted by Gasteiger charge is 2.18. The van der Waals surface area contributed by atoms with Gasteiger partial charge >= 0.3 is 0 Å². The van der Waals surface area contributed by atoms with Crippen LogP contribution < -0.4 is 15.2 Å². The molecule has 0 aliphatic carbocycles. The molecule has 4 N–H and O–H groups in total. The lowest BCUT2D eigenvalue weighted by Gasteiger charge is -2.11. The van der Waals surface area contributed by atoms with Gasteiger partial charge in [0.05, 0.1) is 11.8 Å². The molecule has 0 radical (unpaired) electrons. The van der Waals surface area contributed by atoms with Crippen molar-refractivity contribution in [2.45, 2.75) is 13.0 Å². The second-order valence-corrected chi connectivity index (χ2v) is 6.22. The average molecular weight is 312 g/mol. The second kappa shape index (κ2) is 6.50. The number of nitrogens with one attached hydrogen (secondary N) is 2. The first kappa shape index (κ1) is 15.2. The summed E-state index contributed by atoms with van der Waals surface area (Å²) < 4.78 is 31.6. The van der Waals surface area contributed by atoms with Crippen LogP contribution in [0.1, 0.15) is 18.8 Å². The summed E-state index contributed by atoms with van der Waals surface area (Å²) in [6.45, 7) is 1.65. The molecule has 1 heterocycles. The maximum absolute atomic E-state index is 11.9. The fraction of sp³-hybridized carbons (Fsp3) is 0.364. The van der Waals surface area contributed by atoms with Crippen LogP contribution in [0.2, 0.25) is 0 Å². The monoisotopic (exact) mass is 312 g/mol. The van der Waals surface area contributed by atoms with Crippen molar-refractivity contribution >= 4 is 15.7 Å². The van der Waals surface area contributed by atoms with E-state index in [0.29, 0.717) is 11.4 Å². The molecule has 2 aromatic rings. The molecule has 1 aromatic carbocycles. The Bertz CT molecular complexity index is 656. The molecule has 114 valence electrons. The van der Waals surface area contributed by atoms with E-state index in [1.165, 1.54) is 0 Å². The minimum absolute atomic E-state index is 0.0260. The Balaban J connectivity index is 1.82. The van der Waals surface area contributed by atoms with Gasteiger partial charge < -0.3 is 10.5 Å². The number of aromatic amines is 1. The molecule has 0 saturated heterocycles. The van der Waals surface area contributed by atoms with Crippen LogP contribution in [-0.4, -0.2) is 41.4 Å². The fourth-order valence-electron chi connectivity index (χ4n) is 1.57. The number of sulfonamides is 1. The predicted octanol–water partition coefficient (Wildman–Crippen LogP) is -0.159. The van der Waals surface area contributed by atoms with E-state index in [4.69, 9.17) is 10.5 Å². The summed E-state index contributed by atoms with van der Waals surface area (Å²) >= 11 is 0. The molecule has 9 nitrogen and oxygen atoms in total. The van der Waals surface area contributed by atoms with Crippen LogP contribution in [0, 0.1) is 0 Å². The summed E-state index contributed by atoms with van der Waals surface area (Å²) in [5, 5.41) is 13.1. The van der Waals surface area contributed by atoms with Crippen molar-refractivity contribution < 1.29 is 13.2 Å². The van der Waals surface area contributed by atoms with Crippen LogP contribution in [0.15, 0.2) is 24.3 Å². The number of hydrogen-bond acceptors (Lipinski definition) is 7. The van der Waals surface area contributed by atoms with E-state index in [2.05, 4.69) is 25.3 Å². The SMILES string of the molecule is CC(NS(=O)(=O)CCOc1ccc(N)cc1)c1nn[nH]n1. The van der Waals surface area contributed by atoms with Gasteiger partial charge in [-0.2, -0.15) is 5.21 Å². The number of anilines is 1. The van der Waals surface area contributed by atoms with Gasteiger partial charge in [-0.25, -0.2) is 13.1 Å². The van der Waals surface area contributed by atoms with E-state index in [9.17, 15) is 8.42 Å².